The Morgan fingerprint density at radius 1 is 1.50 bits per heavy atom. The lowest BCUT2D eigenvalue weighted by Crippen LogP contribution is -1.92. The minimum absolute atomic E-state index is 0.624. The maximum absolute atomic E-state index is 5.96. The first-order valence-electron chi connectivity index (χ1n) is 3.74. The average molecular weight is 182 g/mol. The molecule has 0 fully saturated rings. The fraction of sp³-hybridized carbons (Fsp3) is 0.200. The molecule has 0 radical (unpaired) electrons. The van der Waals surface area contributed by atoms with Gasteiger partial charge in [0.1, 0.15) is 0 Å². The van der Waals surface area contributed by atoms with Gasteiger partial charge in [0.05, 0.1) is 10.7 Å². The van der Waals surface area contributed by atoms with Gasteiger partial charge >= 0.3 is 0 Å². The molecule has 0 aliphatic carbocycles. The molecule has 0 spiro atoms. The van der Waals surface area contributed by atoms with E-state index in [-0.39, 0.29) is 0 Å². The first-order valence-corrected chi connectivity index (χ1v) is 4.12. The van der Waals surface area contributed by atoms with Crippen LogP contribution in [-0.2, 0) is 0 Å². The minimum Gasteiger partial charge on any atom is -0.398 e. The predicted octanol–water partition coefficient (Wildman–Crippen LogP) is 3.26. The van der Waals surface area contributed by atoms with E-state index in [4.69, 9.17) is 17.3 Å². The lowest BCUT2D eigenvalue weighted by Gasteiger charge is -2.08. The molecular formula is C10H12ClN. The molecule has 0 heterocycles. The highest BCUT2D eigenvalue weighted by molar-refractivity contribution is 6.34. The summed E-state index contributed by atoms with van der Waals surface area (Å²) in [6, 6.07) is 3.75. The van der Waals surface area contributed by atoms with Crippen molar-refractivity contribution in [1.29, 1.82) is 0 Å². The number of anilines is 1. The van der Waals surface area contributed by atoms with Gasteiger partial charge in [-0.3, -0.25) is 0 Å². The number of nitrogens with two attached hydrogens (primary N) is 1. The average Bonchev–Trinajstić information content (AvgIpc) is 2.00. The number of nitrogen functional groups attached to an aromatic ring is 1. The summed E-state index contributed by atoms with van der Waals surface area (Å²) in [5.74, 6) is 0. The number of rotatable bonds is 1. The van der Waals surface area contributed by atoms with E-state index in [2.05, 4.69) is 6.58 Å². The molecule has 1 rings (SSSR count). The normalized spacial score (nSPS) is 9.92. The van der Waals surface area contributed by atoms with Crippen molar-refractivity contribution in [2.45, 2.75) is 13.8 Å². The molecule has 1 aromatic carbocycles. The summed E-state index contributed by atoms with van der Waals surface area (Å²) in [6.45, 7) is 7.76. The molecule has 0 amide bonds. The Balaban J connectivity index is 3.36. The first-order chi connectivity index (χ1) is 5.54. The second-order valence-corrected chi connectivity index (χ2v) is 3.30. The Bertz CT molecular complexity index is 329. The highest BCUT2D eigenvalue weighted by Crippen LogP contribution is 2.28. The van der Waals surface area contributed by atoms with E-state index in [0.29, 0.717) is 10.7 Å². The number of halogens is 1. The fourth-order valence-electron chi connectivity index (χ4n) is 1.17. The Labute approximate surface area is 77.8 Å². The van der Waals surface area contributed by atoms with Crippen LogP contribution in [0.25, 0.3) is 5.57 Å². The van der Waals surface area contributed by atoms with Crippen LogP contribution in [0.3, 0.4) is 0 Å². The summed E-state index contributed by atoms with van der Waals surface area (Å²) in [5.41, 5.74) is 9.34. The molecule has 1 nitrogen and oxygen atoms in total. The largest absolute Gasteiger partial charge is 0.398 e. The van der Waals surface area contributed by atoms with Crippen molar-refractivity contribution in [3.63, 3.8) is 0 Å². The Morgan fingerprint density at radius 3 is 2.58 bits per heavy atom. The quantitative estimate of drug-likeness (QED) is 0.662. The maximum Gasteiger partial charge on any atom is 0.0670 e. The molecule has 1 aromatic rings. The molecule has 0 saturated heterocycles. The van der Waals surface area contributed by atoms with Crippen LogP contribution in [-0.4, -0.2) is 0 Å². The highest BCUT2D eigenvalue weighted by atomic mass is 35.5. The second-order valence-electron chi connectivity index (χ2n) is 2.92. The molecule has 0 unspecified atom stereocenters. The fourth-order valence-corrected chi connectivity index (χ4v) is 1.33. The van der Waals surface area contributed by atoms with Crippen LogP contribution >= 0.6 is 11.6 Å². The van der Waals surface area contributed by atoms with Gasteiger partial charge in [-0.1, -0.05) is 29.8 Å². The molecule has 0 atom stereocenters. The van der Waals surface area contributed by atoms with Gasteiger partial charge in [0, 0.05) is 0 Å². The lowest BCUT2D eigenvalue weighted by molar-refractivity contribution is 1.41. The van der Waals surface area contributed by atoms with Crippen LogP contribution in [0.15, 0.2) is 18.7 Å². The first kappa shape index (κ1) is 9.14. The smallest absolute Gasteiger partial charge is 0.0670 e. The van der Waals surface area contributed by atoms with E-state index in [0.717, 1.165) is 16.7 Å². The maximum atomic E-state index is 5.96. The van der Waals surface area contributed by atoms with Gasteiger partial charge in [0.15, 0.2) is 0 Å². The van der Waals surface area contributed by atoms with Crippen molar-refractivity contribution in [2.24, 2.45) is 0 Å². The van der Waals surface area contributed by atoms with Crippen LogP contribution in [0.2, 0.25) is 5.02 Å². The Morgan fingerprint density at radius 2 is 2.08 bits per heavy atom. The zero-order valence-corrected chi connectivity index (χ0v) is 8.07. The molecule has 2 heteroatoms. The molecular weight excluding hydrogens is 170 g/mol. The van der Waals surface area contributed by atoms with Crippen LogP contribution in [0, 0.1) is 6.92 Å². The van der Waals surface area contributed by atoms with E-state index in [1.807, 2.05) is 19.9 Å². The van der Waals surface area contributed by atoms with E-state index >= 15 is 0 Å². The zero-order chi connectivity index (χ0) is 9.30. The summed E-state index contributed by atoms with van der Waals surface area (Å²) in [5, 5.41) is 0.635. The third-order valence-corrected chi connectivity index (χ3v) is 2.38. The lowest BCUT2D eigenvalue weighted by atomic mass is 10.0. The van der Waals surface area contributed by atoms with E-state index < -0.39 is 0 Å². The van der Waals surface area contributed by atoms with E-state index in [1.54, 1.807) is 6.07 Å². The summed E-state index contributed by atoms with van der Waals surface area (Å²) < 4.78 is 0. The number of benzene rings is 1. The van der Waals surface area contributed by atoms with Crippen molar-refractivity contribution in [3.8, 4) is 0 Å². The topological polar surface area (TPSA) is 26.0 Å². The van der Waals surface area contributed by atoms with Crippen LogP contribution in [0.5, 0.6) is 0 Å². The third-order valence-electron chi connectivity index (χ3n) is 1.88. The summed E-state index contributed by atoms with van der Waals surface area (Å²) in [7, 11) is 0. The summed E-state index contributed by atoms with van der Waals surface area (Å²) in [4.78, 5) is 0. The molecule has 2 N–H and O–H groups in total. The predicted molar refractivity (Wildman–Crippen MR) is 55.3 cm³/mol. The number of hydrogen-bond acceptors (Lipinski definition) is 1. The standard InChI is InChI=1S/C10H12ClN/c1-6(2)8-4-5-9(12)10(11)7(8)3/h4-5H,1,12H2,2-3H3. The van der Waals surface area contributed by atoms with E-state index in [1.165, 1.54) is 0 Å². The Kier molecular flexibility index (Phi) is 2.43. The van der Waals surface area contributed by atoms with Crippen LogP contribution < -0.4 is 5.73 Å². The van der Waals surface area contributed by atoms with Gasteiger partial charge in [0.2, 0.25) is 0 Å². The molecule has 0 aliphatic heterocycles. The van der Waals surface area contributed by atoms with Crippen molar-refractivity contribution < 1.29 is 0 Å². The SMILES string of the molecule is C=C(C)c1ccc(N)c(Cl)c1C. The number of allylic oxidation sites excluding steroid dienone is 1. The molecule has 12 heavy (non-hydrogen) atoms. The van der Waals surface area contributed by atoms with Gasteiger partial charge in [-0.2, -0.15) is 0 Å². The Hall–Kier alpha value is -0.950. The highest BCUT2D eigenvalue weighted by Gasteiger charge is 2.05. The van der Waals surface area contributed by atoms with E-state index in [9.17, 15) is 0 Å². The zero-order valence-electron chi connectivity index (χ0n) is 7.32. The van der Waals surface area contributed by atoms with Gasteiger partial charge in [-0.05, 0) is 31.0 Å². The van der Waals surface area contributed by atoms with Gasteiger partial charge in [-0.15, -0.1) is 0 Å². The van der Waals surface area contributed by atoms with Crippen molar-refractivity contribution >= 4 is 22.9 Å². The molecule has 0 aliphatic rings. The second kappa shape index (κ2) is 3.20. The number of hydrogen-bond donors (Lipinski definition) is 1. The van der Waals surface area contributed by atoms with Crippen molar-refractivity contribution in [1.82, 2.24) is 0 Å². The monoisotopic (exact) mass is 181 g/mol. The summed E-state index contributed by atoms with van der Waals surface area (Å²) in [6.07, 6.45) is 0. The summed E-state index contributed by atoms with van der Waals surface area (Å²) >= 11 is 5.96. The van der Waals surface area contributed by atoms with Crippen molar-refractivity contribution in [3.05, 3.63) is 34.9 Å². The van der Waals surface area contributed by atoms with Crippen LogP contribution in [0.1, 0.15) is 18.1 Å². The van der Waals surface area contributed by atoms with Crippen LogP contribution in [0.4, 0.5) is 5.69 Å². The van der Waals surface area contributed by atoms with Crippen molar-refractivity contribution in [2.75, 3.05) is 5.73 Å². The molecule has 0 bridgehead atoms. The van der Waals surface area contributed by atoms with Gasteiger partial charge in [-0.25, -0.2) is 0 Å². The molecule has 0 saturated carbocycles. The molecule has 64 valence electrons. The van der Waals surface area contributed by atoms with Gasteiger partial charge < -0.3 is 5.73 Å². The molecule has 0 aromatic heterocycles. The van der Waals surface area contributed by atoms with Gasteiger partial charge in [0.25, 0.3) is 0 Å². The third kappa shape index (κ3) is 1.46. The minimum atomic E-state index is 0.624.